The Morgan fingerprint density at radius 1 is 1.03 bits per heavy atom. The Labute approximate surface area is 213 Å². The van der Waals surface area contributed by atoms with Gasteiger partial charge in [-0.3, -0.25) is 9.59 Å². The molecule has 0 spiro atoms. The molecule has 0 aromatic heterocycles. The second kappa shape index (κ2) is 11.3. The first-order chi connectivity index (χ1) is 17.3. The fourth-order valence-electron chi connectivity index (χ4n) is 4.81. The molecule has 2 aromatic rings. The van der Waals surface area contributed by atoms with Crippen LogP contribution in [0.5, 0.6) is 5.75 Å². The largest absolute Gasteiger partial charge is 0.872 e. The highest BCUT2D eigenvalue weighted by Crippen LogP contribution is 2.39. The van der Waals surface area contributed by atoms with Crippen molar-refractivity contribution in [2.75, 3.05) is 39.4 Å². The van der Waals surface area contributed by atoms with Crippen molar-refractivity contribution < 1.29 is 29.1 Å². The van der Waals surface area contributed by atoms with Crippen LogP contribution in [0.25, 0.3) is 5.76 Å². The summed E-state index contributed by atoms with van der Waals surface area (Å²) < 4.78 is 11.1. The van der Waals surface area contributed by atoms with Gasteiger partial charge >= 0.3 is 0 Å². The average molecular weight is 493 g/mol. The number of morpholine rings is 1. The van der Waals surface area contributed by atoms with Crippen LogP contribution in [-0.4, -0.2) is 62.1 Å². The van der Waals surface area contributed by atoms with Crippen molar-refractivity contribution in [3.8, 4) is 5.75 Å². The molecule has 0 bridgehead atoms. The lowest BCUT2D eigenvalue weighted by atomic mass is 9.93. The zero-order valence-electron chi connectivity index (χ0n) is 21.6. The molecule has 2 heterocycles. The van der Waals surface area contributed by atoms with Gasteiger partial charge in [-0.05, 0) is 48.6 Å². The quantitative estimate of drug-likeness (QED) is 0.345. The number of benzene rings is 2. The molecule has 4 rings (SSSR count). The van der Waals surface area contributed by atoms with Gasteiger partial charge in [0.15, 0.2) is 0 Å². The van der Waals surface area contributed by atoms with Gasteiger partial charge in [-0.15, -0.1) is 0 Å². The molecular formula is C29H36N2O5. The lowest BCUT2D eigenvalue weighted by Gasteiger charge is -2.30. The lowest BCUT2D eigenvalue weighted by molar-refractivity contribution is -0.907. The zero-order chi connectivity index (χ0) is 25.8. The molecule has 2 aliphatic heterocycles. The van der Waals surface area contributed by atoms with E-state index in [9.17, 15) is 14.7 Å². The molecule has 2 aromatic carbocycles. The highest BCUT2D eigenvalue weighted by atomic mass is 16.5. The molecule has 7 heteroatoms. The molecule has 0 radical (unpaired) electrons. The molecule has 1 amide bonds. The van der Waals surface area contributed by atoms with Gasteiger partial charge in [0.05, 0.1) is 38.4 Å². The zero-order valence-corrected chi connectivity index (χ0v) is 21.6. The van der Waals surface area contributed by atoms with Crippen LogP contribution in [-0.2, 0) is 14.3 Å². The Morgan fingerprint density at radius 2 is 1.67 bits per heavy atom. The first-order valence-corrected chi connectivity index (χ1v) is 12.8. The van der Waals surface area contributed by atoms with Crippen LogP contribution in [0.3, 0.4) is 0 Å². The average Bonchev–Trinajstić information content (AvgIpc) is 3.12. The van der Waals surface area contributed by atoms with E-state index in [0.29, 0.717) is 43.5 Å². The van der Waals surface area contributed by atoms with Crippen LogP contribution < -0.4 is 14.7 Å². The third-order valence-electron chi connectivity index (χ3n) is 6.84. The normalized spacial score (nSPS) is 20.5. The number of nitrogens with zero attached hydrogens (tertiary/aromatic N) is 1. The molecule has 7 nitrogen and oxygen atoms in total. The minimum absolute atomic E-state index is 0.00954. The van der Waals surface area contributed by atoms with Crippen LogP contribution in [0.4, 0.5) is 0 Å². The Bertz CT molecular complexity index is 1100. The second-order valence-corrected chi connectivity index (χ2v) is 10.1. The Balaban J connectivity index is 1.70. The van der Waals surface area contributed by atoms with Gasteiger partial charge in [-0.2, -0.15) is 0 Å². The summed E-state index contributed by atoms with van der Waals surface area (Å²) in [5, 5.41) is 13.6. The molecule has 2 fully saturated rings. The van der Waals surface area contributed by atoms with Crippen LogP contribution in [0.15, 0.2) is 54.1 Å². The molecule has 1 N–H and O–H groups in total. The minimum atomic E-state index is -0.711. The van der Waals surface area contributed by atoms with Gasteiger partial charge in [0.25, 0.3) is 5.91 Å². The third-order valence-corrected chi connectivity index (χ3v) is 6.84. The van der Waals surface area contributed by atoms with Crippen molar-refractivity contribution in [1.29, 1.82) is 0 Å². The van der Waals surface area contributed by atoms with E-state index in [2.05, 4.69) is 13.8 Å². The van der Waals surface area contributed by atoms with E-state index in [1.54, 1.807) is 29.2 Å². The number of nitrogens with one attached hydrogen (secondary N) is 1. The van der Waals surface area contributed by atoms with Crippen LogP contribution in [0.1, 0.15) is 56.3 Å². The number of Topliss-reactive ketones (excluding diaryl/α,β-unsaturated/α-hetero) is 1. The molecule has 36 heavy (non-hydrogen) atoms. The SMILES string of the molecule is CC(C)Oc1ccc(C([O-])=C2C(=O)C(=O)N(CC[NH+]3CCOCC3)C2c2ccc(C(C)C)cc2)cc1. The van der Waals surface area contributed by atoms with Gasteiger partial charge in [0.2, 0.25) is 5.78 Å². The van der Waals surface area contributed by atoms with Gasteiger partial charge in [-0.25, -0.2) is 0 Å². The van der Waals surface area contributed by atoms with E-state index in [1.807, 2.05) is 38.1 Å². The number of hydrogen-bond acceptors (Lipinski definition) is 5. The number of carbonyl (C=O) groups excluding carboxylic acids is 2. The smallest absolute Gasteiger partial charge is 0.295 e. The third kappa shape index (κ3) is 5.63. The highest BCUT2D eigenvalue weighted by Gasteiger charge is 2.44. The molecule has 0 aliphatic carbocycles. The van der Waals surface area contributed by atoms with Crippen molar-refractivity contribution in [2.24, 2.45) is 0 Å². The predicted octanol–water partition coefficient (Wildman–Crippen LogP) is 1.74. The van der Waals surface area contributed by atoms with E-state index < -0.39 is 23.5 Å². The van der Waals surface area contributed by atoms with Gasteiger partial charge in [0, 0.05) is 5.57 Å². The fourth-order valence-corrected chi connectivity index (χ4v) is 4.81. The van der Waals surface area contributed by atoms with Crippen LogP contribution in [0.2, 0.25) is 0 Å². The van der Waals surface area contributed by atoms with E-state index >= 15 is 0 Å². The number of hydrogen-bond donors (Lipinski definition) is 1. The summed E-state index contributed by atoms with van der Waals surface area (Å²) >= 11 is 0. The number of quaternary nitrogens is 1. The maximum absolute atomic E-state index is 13.6. The van der Waals surface area contributed by atoms with Crippen molar-refractivity contribution in [1.82, 2.24) is 4.90 Å². The molecule has 0 saturated carbocycles. The maximum atomic E-state index is 13.6. The van der Waals surface area contributed by atoms with Crippen molar-refractivity contribution in [2.45, 2.75) is 45.8 Å². The number of rotatable bonds is 8. The predicted molar refractivity (Wildman–Crippen MR) is 136 cm³/mol. The Hall–Kier alpha value is -3.16. The number of carbonyl (C=O) groups is 2. The number of amides is 1. The minimum Gasteiger partial charge on any atom is -0.872 e. The van der Waals surface area contributed by atoms with Crippen LogP contribution in [0, 0.1) is 0 Å². The molecular weight excluding hydrogens is 456 g/mol. The highest BCUT2D eigenvalue weighted by molar-refractivity contribution is 6.46. The summed E-state index contributed by atoms with van der Waals surface area (Å²) in [4.78, 5) is 29.4. The van der Waals surface area contributed by atoms with E-state index in [4.69, 9.17) is 9.47 Å². The monoisotopic (exact) mass is 492 g/mol. The summed E-state index contributed by atoms with van der Waals surface area (Å²) in [6.07, 6.45) is 0.00954. The Kier molecular flexibility index (Phi) is 8.11. The summed E-state index contributed by atoms with van der Waals surface area (Å²) in [7, 11) is 0. The van der Waals surface area contributed by atoms with Crippen LogP contribution >= 0.6 is 0 Å². The van der Waals surface area contributed by atoms with Crippen molar-refractivity contribution in [3.63, 3.8) is 0 Å². The standard InChI is InChI=1S/C29H36N2O5/c1-19(2)21-5-7-22(8-6-21)26-25(27(32)23-9-11-24(12-10-23)36-20(3)4)28(33)29(34)31(26)14-13-30-15-17-35-18-16-30/h5-12,19-20,26,32H,13-18H2,1-4H3. The summed E-state index contributed by atoms with van der Waals surface area (Å²) in [5.41, 5.74) is 2.32. The topological polar surface area (TPSA) is 83.3 Å². The number of ketones is 1. The van der Waals surface area contributed by atoms with Gasteiger partial charge in [-0.1, -0.05) is 56.0 Å². The number of ether oxygens (including phenoxy) is 2. The Morgan fingerprint density at radius 3 is 2.25 bits per heavy atom. The van der Waals surface area contributed by atoms with Gasteiger partial charge < -0.3 is 24.4 Å². The second-order valence-electron chi connectivity index (χ2n) is 10.1. The molecule has 1 atom stereocenters. The summed E-state index contributed by atoms with van der Waals surface area (Å²) in [6, 6.07) is 14.0. The molecule has 2 saturated heterocycles. The first-order valence-electron chi connectivity index (χ1n) is 12.8. The number of likely N-dealkylation sites (tertiary alicyclic amines) is 1. The van der Waals surface area contributed by atoms with Crippen molar-refractivity contribution >= 4 is 17.4 Å². The summed E-state index contributed by atoms with van der Waals surface area (Å²) in [5.74, 6) is -0.732. The first kappa shape index (κ1) is 25.9. The molecule has 1 unspecified atom stereocenters. The lowest BCUT2D eigenvalue weighted by Crippen LogP contribution is -3.14. The maximum Gasteiger partial charge on any atom is 0.295 e. The van der Waals surface area contributed by atoms with E-state index in [0.717, 1.165) is 24.2 Å². The fraction of sp³-hybridized carbons (Fsp3) is 0.448. The van der Waals surface area contributed by atoms with Crippen molar-refractivity contribution in [3.05, 3.63) is 70.8 Å². The van der Waals surface area contributed by atoms with E-state index in [1.165, 1.54) is 4.90 Å². The van der Waals surface area contributed by atoms with E-state index in [-0.39, 0.29) is 11.7 Å². The molecule has 2 aliphatic rings. The van der Waals surface area contributed by atoms with Gasteiger partial charge in [0.1, 0.15) is 18.8 Å². The summed E-state index contributed by atoms with van der Waals surface area (Å²) in [6.45, 7) is 12.3. The molecule has 192 valence electrons.